The van der Waals surface area contributed by atoms with Gasteiger partial charge < -0.3 is 9.47 Å². The van der Waals surface area contributed by atoms with Crippen molar-refractivity contribution in [2.75, 3.05) is 0 Å². The molecule has 0 amide bonds. The van der Waals surface area contributed by atoms with Crippen LogP contribution in [-0.2, 0) is 9.47 Å². The number of ether oxygens (including phenoxy) is 2. The Hall–Kier alpha value is -4.58. The first-order valence-corrected chi connectivity index (χ1v) is 15.2. The van der Waals surface area contributed by atoms with Crippen LogP contribution in [0.4, 0.5) is 0 Å². The van der Waals surface area contributed by atoms with Crippen LogP contribution < -0.4 is 0 Å². The molecular weight excluding hydrogens is 544 g/mol. The number of fused-ring (bicyclic) bond motifs is 2. The normalized spacial score (nSPS) is 19.4. The van der Waals surface area contributed by atoms with E-state index in [1.807, 2.05) is 24.3 Å². The first-order valence-electron chi connectivity index (χ1n) is 15.2. The molecule has 2 aromatic heterocycles. The molecule has 7 rings (SSSR count). The van der Waals surface area contributed by atoms with Crippen LogP contribution >= 0.6 is 0 Å². The highest BCUT2D eigenvalue weighted by molar-refractivity contribution is 6.20. The largest absolute Gasteiger partial charge is 0.468 e. The summed E-state index contributed by atoms with van der Waals surface area (Å²) in [6.07, 6.45) is 0. The van der Waals surface area contributed by atoms with Gasteiger partial charge in [0.25, 0.3) is 0 Å². The van der Waals surface area contributed by atoms with Gasteiger partial charge in [-0.25, -0.2) is 20.0 Å². The smallest absolute Gasteiger partial charge is 0.236 e. The molecule has 0 saturated carbocycles. The Balaban J connectivity index is 1.43. The Morgan fingerprint density at radius 3 is 1.02 bits per heavy atom. The second-order valence-corrected chi connectivity index (χ2v) is 13.8. The van der Waals surface area contributed by atoms with Crippen LogP contribution in [0, 0.1) is 0 Å². The van der Waals surface area contributed by atoms with Crippen LogP contribution in [-0.4, -0.2) is 44.0 Å². The van der Waals surface area contributed by atoms with Gasteiger partial charge >= 0.3 is 0 Å². The Morgan fingerprint density at radius 1 is 0.409 bits per heavy atom. The molecule has 3 aromatic carbocycles. The maximum absolute atomic E-state index is 6.33. The van der Waals surface area contributed by atoms with Gasteiger partial charge in [-0.3, -0.25) is 0 Å². The summed E-state index contributed by atoms with van der Waals surface area (Å²) in [7, 11) is 0. The third kappa shape index (κ3) is 4.30. The summed E-state index contributed by atoms with van der Waals surface area (Å²) >= 11 is 0. The van der Waals surface area contributed by atoms with Crippen molar-refractivity contribution in [3.05, 3.63) is 96.3 Å². The lowest BCUT2D eigenvalue weighted by Gasteiger charge is -2.30. The average Bonchev–Trinajstić information content (AvgIpc) is 3.35. The van der Waals surface area contributed by atoms with E-state index in [2.05, 4.69) is 116 Å². The lowest BCUT2D eigenvalue weighted by Crippen LogP contribution is -2.41. The number of benzene rings is 3. The predicted molar refractivity (Wildman–Crippen MR) is 179 cm³/mol. The molecular formula is C38H38N4O2. The van der Waals surface area contributed by atoms with Crippen LogP contribution in [0.3, 0.4) is 0 Å². The lowest BCUT2D eigenvalue weighted by molar-refractivity contribution is 0.0616. The third-order valence-electron chi connectivity index (χ3n) is 9.79. The van der Waals surface area contributed by atoms with E-state index < -0.39 is 11.2 Å². The first kappa shape index (κ1) is 28.2. The Kier molecular flexibility index (Phi) is 6.06. The maximum atomic E-state index is 6.33. The standard InChI is InChI=1S/C38H38N4O2/c1-35(2)37(5,6)43-33(41-35)29-21-13-19-27(39-29)31-23-15-9-11-17-25(23)32(26-18-12-10-16-24(26)31)28-20-14-22-30(40-28)34-42-36(3,4)38(7,8)44-34/h9-22H,1-8H3. The molecule has 0 bridgehead atoms. The Bertz CT molecular complexity index is 1830. The van der Waals surface area contributed by atoms with Crippen molar-refractivity contribution in [2.24, 2.45) is 9.98 Å². The SMILES string of the molecule is CC1(C)N=C(c2cccc(-c3c4ccccc4c(-c4cccc(C5=NC(C)(C)C(C)(C)O5)n4)c4ccccc34)n2)OC1(C)C. The molecule has 0 N–H and O–H groups in total. The van der Waals surface area contributed by atoms with E-state index in [0.717, 1.165) is 55.4 Å². The topological polar surface area (TPSA) is 69.0 Å². The molecule has 0 atom stereocenters. The fourth-order valence-corrected chi connectivity index (χ4v) is 5.84. The van der Waals surface area contributed by atoms with Gasteiger partial charge in [-0.05, 0) is 101 Å². The molecule has 222 valence electrons. The monoisotopic (exact) mass is 582 g/mol. The summed E-state index contributed by atoms with van der Waals surface area (Å²) in [5.41, 5.74) is 3.78. The van der Waals surface area contributed by atoms with E-state index in [9.17, 15) is 0 Å². The number of hydrogen-bond donors (Lipinski definition) is 0. The molecule has 0 radical (unpaired) electrons. The molecule has 6 nitrogen and oxygen atoms in total. The summed E-state index contributed by atoms with van der Waals surface area (Å²) in [5.74, 6) is 1.16. The van der Waals surface area contributed by atoms with Crippen LogP contribution in [0.25, 0.3) is 44.1 Å². The fraction of sp³-hybridized carbons (Fsp3) is 0.316. The van der Waals surface area contributed by atoms with Crippen molar-refractivity contribution < 1.29 is 9.47 Å². The number of hydrogen-bond acceptors (Lipinski definition) is 6. The quantitative estimate of drug-likeness (QED) is 0.199. The fourth-order valence-electron chi connectivity index (χ4n) is 5.84. The van der Waals surface area contributed by atoms with E-state index >= 15 is 0 Å². The second kappa shape index (κ2) is 9.46. The molecule has 0 fully saturated rings. The highest BCUT2D eigenvalue weighted by Gasteiger charge is 2.47. The van der Waals surface area contributed by atoms with Crippen LogP contribution in [0.2, 0.25) is 0 Å². The van der Waals surface area contributed by atoms with Crippen molar-refractivity contribution >= 4 is 33.3 Å². The van der Waals surface area contributed by atoms with Crippen LogP contribution in [0.5, 0.6) is 0 Å². The van der Waals surface area contributed by atoms with Crippen molar-refractivity contribution in [1.82, 2.24) is 9.97 Å². The van der Waals surface area contributed by atoms with Gasteiger partial charge in [0.2, 0.25) is 11.8 Å². The van der Waals surface area contributed by atoms with E-state index in [-0.39, 0.29) is 11.1 Å². The maximum Gasteiger partial charge on any atom is 0.236 e. The summed E-state index contributed by atoms with van der Waals surface area (Å²) in [6.45, 7) is 16.7. The summed E-state index contributed by atoms with van der Waals surface area (Å²) in [5, 5.41) is 4.41. The van der Waals surface area contributed by atoms with Crippen LogP contribution in [0.15, 0.2) is 94.9 Å². The number of nitrogens with zero attached hydrogens (tertiary/aromatic N) is 4. The van der Waals surface area contributed by atoms with Crippen molar-refractivity contribution in [1.29, 1.82) is 0 Å². The first-order chi connectivity index (χ1) is 20.8. The van der Waals surface area contributed by atoms with E-state index in [0.29, 0.717) is 11.8 Å². The molecule has 0 aliphatic carbocycles. The molecule has 5 aromatic rings. The molecule has 44 heavy (non-hydrogen) atoms. The molecule has 4 heterocycles. The van der Waals surface area contributed by atoms with Gasteiger partial charge in [0.15, 0.2) is 0 Å². The van der Waals surface area contributed by atoms with Crippen molar-refractivity contribution in [2.45, 2.75) is 77.7 Å². The zero-order chi connectivity index (χ0) is 31.1. The van der Waals surface area contributed by atoms with Gasteiger partial charge in [0.1, 0.15) is 22.6 Å². The van der Waals surface area contributed by atoms with Gasteiger partial charge in [-0.15, -0.1) is 0 Å². The zero-order valence-corrected chi connectivity index (χ0v) is 26.7. The minimum atomic E-state index is -0.427. The zero-order valence-electron chi connectivity index (χ0n) is 26.7. The molecule has 2 aliphatic rings. The minimum Gasteiger partial charge on any atom is -0.468 e. The molecule has 0 spiro atoms. The molecule has 2 aliphatic heterocycles. The average molecular weight is 583 g/mol. The van der Waals surface area contributed by atoms with Gasteiger partial charge in [0, 0.05) is 11.1 Å². The predicted octanol–water partition coefficient (Wildman–Crippen LogP) is 8.79. The van der Waals surface area contributed by atoms with Gasteiger partial charge in [0.05, 0.1) is 22.5 Å². The Morgan fingerprint density at radius 2 is 0.727 bits per heavy atom. The number of aliphatic imine (C=N–C) groups is 2. The van der Waals surface area contributed by atoms with Gasteiger partial charge in [-0.2, -0.15) is 0 Å². The van der Waals surface area contributed by atoms with Gasteiger partial charge in [-0.1, -0.05) is 60.7 Å². The Labute approximate surface area is 258 Å². The van der Waals surface area contributed by atoms with Crippen LogP contribution in [0.1, 0.15) is 66.8 Å². The summed E-state index contributed by atoms with van der Waals surface area (Å²) in [6, 6.07) is 29.2. The highest BCUT2D eigenvalue weighted by Crippen LogP contribution is 2.44. The van der Waals surface area contributed by atoms with Crippen molar-refractivity contribution in [3.8, 4) is 22.5 Å². The summed E-state index contributed by atoms with van der Waals surface area (Å²) in [4.78, 5) is 20.1. The van der Waals surface area contributed by atoms with E-state index in [4.69, 9.17) is 29.4 Å². The van der Waals surface area contributed by atoms with Crippen molar-refractivity contribution in [3.63, 3.8) is 0 Å². The summed E-state index contributed by atoms with van der Waals surface area (Å²) < 4.78 is 12.7. The number of pyridine rings is 2. The highest BCUT2D eigenvalue weighted by atomic mass is 16.5. The second-order valence-electron chi connectivity index (χ2n) is 13.8. The number of rotatable bonds is 4. The number of aromatic nitrogens is 2. The molecule has 0 saturated heterocycles. The molecule has 6 heteroatoms. The minimum absolute atomic E-state index is 0.358. The molecule has 0 unspecified atom stereocenters. The third-order valence-corrected chi connectivity index (χ3v) is 9.79. The lowest BCUT2D eigenvalue weighted by atomic mass is 9.87. The van der Waals surface area contributed by atoms with E-state index in [1.165, 1.54) is 0 Å². The van der Waals surface area contributed by atoms with E-state index in [1.54, 1.807) is 0 Å².